The lowest BCUT2D eigenvalue weighted by molar-refractivity contribution is 0.0955. The first-order chi connectivity index (χ1) is 10.2. The average Bonchev–Trinajstić information content (AvgIpc) is 2.50. The van der Waals surface area contributed by atoms with Gasteiger partial charge in [0.15, 0.2) is 0 Å². The molecule has 2 aromatic rings. The molecule has 2 rings (SSSR count). The largest absolute Gasteiger partial charge is 0.494 e. The van der Waals surface area contributed by atoms with Crippen molar-refractivity contribution in [3.05, 3.63) is 65.2 Å². The van der Waals surface area contributed by atoms with Crippen molar-refractivity contribution in [3.8, 4) is 5.75 Å². The van der Waals surface area contributed by atoms with Crippen LogP contribution in [0.15, 0.2) is 53.6 Å². The van der Waals surface area contributed by atoms with Crippen LogP contribution in [0.3, 0.4) is 0 Å². The van der Waals surface area contributed by atoms with Crippen LogP contribution in [0.1, 0.15) is 28.4 Å². The number of benzene rings is 2. The number of rotatable bonds is 5. The normalized spacial score (nSPS) is 10.6. The molecular weight excluding hydrogens is 264 g/mol. The standard InChI is InChI=1S/C17H18N2O2/c1-3-21-16-10-8-14(9-11-16)17(20)19-18-12-15-7-5-4-6-13(15)2/h4-12H,3H2,1-2H3,(H,19,20)/b18-12+. The molecule has 0 atom stereocenters. The number of carbonyl (C=O) groups excluding carboxylic acids is 1. The molecule has 2 aromatic carbocycles. The number of ether oxygens (including phenoxy) is 1. The fourth-order valence-electron chi connectivity index (χ4n) is 1.83. The number of carbonyl (C=O) groups is 1. The van der Waals surface area contributed by atoms with E-state index in [0.29, 0.717) is 12.2 Å². The molecule has 0 aliphatic carbocycles. The zero-order valence-electron chi connectivity index (χ0n) is 12.2. The van der Waals surface area contributed by atoms with Crippen molar-refractivity contribution in [2.75, 3.05) is 6.61 Å². The minimum atomic E-state index is -0.247. The zero-order chi connectivity index (χ0) is 15.1. The number of hydrogen-bond acceptors (Lipinski definition) is 3. The van der Waals surface area contributed by atoms with Gasteiger partial charge in [-0.2, -0.15) is 5.10 Å². The third-order valence-corrected chi connectivity index (χ3v) is 2.99. The fraction of sp³-hybridized carbons (Fsp3) is 0.176. The smallest absolute Gasteiger partial charge is 0.271 e. The van der Waals surface area contributed by atoms with Crippen LogP contribution >= 0.6 is 0 Å². The summed E-state index contributed by atoms with van der Waals surface area (Å²) in [6, 6.07) is 14.8. The second kappa shape index (κ2) is 7.24. The molecule has 108 valence electrons. The minimum Gasteiger partial charge on any atom is -0.494 e. The second-order valence-corrected chi connectivity index (χ2v) is 4.51. The molecule has 0 fully saturated rings. The van der Waals surface area contributed by atoms with Crippen molar-refractivity contribution in [1.82, 2.24) is 5.43 Å². The van der Waals surface area contributed by atoms with Crippen LogP contribution in [-0.4, -0.2) is 18.7 Å². The highest BCUT2D eigenvalue weighted by atomic mass is 16.5. The Morgan fingerprint density at radius 1 is 1.19 bits per heavy atom. The van der Waals surface area contributed by atoms with Crippen molar-refractivity contribution < 1.29 is 9.53 Å². The predicted octanol–water partition coefficient (Wildman–Crippen LogP) is 3.16. The fourth-order valence-corrected chi connectivity index (χ4v) is 1.83. The summed E-state index contributed by atoms with van der Waals surface area (Å²) in [6.45, 7) is 4.52. The van der Waals surface area contributed by atoms with E-state index in [4.69, 9.17) is 4.74 Å². The van der Waals surface area contributed by atoms with Gasteiger partial charge in [0, 0.05) is 5.56 Å². The summed E-state index contributed by atoms with van der Waals surface area (Å²) in [5.41, 5.74) is 5.14. The maximum Gasteiger partial charge on any atom is 0.271 e. The Kier molecular flexibility index (Phi) is 5.10. The number of nitrogens with one attached hydrogen (secondary N) is 1. The molecule has 0 aliphatic rings. The Hall–Kier alpha value is -2.62. The van der Waals surface area contributed by atoms with Crippen LogP contribution in [0, 0.1) is 6.92 Å². The summed E-state index contributed by atoms with van der Waals surface area (Å²) >= 11 is 0. The number of nitrogens with zero attached hydrogens (tertiary/aromatic N) is 1. The van der Waals surface area contributed by atoms with Gasteiger partial charge >= 0.3 is 0 Å². The van der Waals surface area contributed by atoms with Crippen LogP contribution in [0.25, 0.3) is 0 Å². The molecule has 0 saturated carbocycles. The number of aryl methyl sites for hydroxylation is 1. The van der Waals surface area contributed by atoms with Gasteiger partial charge in [0.1, 0.15) is 5.75 Å². The number of amides is 1. The van der Waals surface area contributed by atoms with E-state index in [2.05, 4.69) is 10.5 Å². The number of hydrogen-bond donors (Lipinski definition) is 1. The summed E-state index contributed by atoms with van der Waals surface area (Å²) in [7, 11) is 0. The van der Waals surface area contributed by atoms with Crippen molar-refractivity contribution in [1.29, 1.82) is 0 Å². The summed E-state index contributed by atoms with van der Waals surface area (Å²) < 4.78 is 5.33. The highest BCUT2D eigenvalue weighted by Crippen LogP contribution is 2.12. The first-order valence-corrected chi connectivity index (χ1v) is 6.82. The molecule has 0 spiro atoms. The van der Waals surface area contributed by atoms with E-state index in [1.807, 2.05) is 38.1 Å². The minimum absolute atomic E-state index is 0.247. The van der Waals surface area contributed by atoms with Crippen molar-refractivity contribution in [2.45, 2.75) is 13.8 Å². The van der Waals surface area contributed by atoms with Gasteiger partial charge in [-0.15, -0.1) is 0 Å². The lowest BCUT2D eigenvalue weighted by Gasteiger charge is -2.04. The summed E-state index contributed by atoms with van der Waals surface area (Å²) in [5, 5.41) is 3.98. The van der Waals surface area contributed by atoms with E-state index in [1.54, 1.807) is 30.5 Å². The molecule has 0 aliphatic heterocycles. The highest BCUT2D eigenvalue weighted by Gasteiger charge is 2.04. The van der Waals surface area contributed by atoms with Gasteiger partial charge in [-0.3, -0.25) is 4.79 Å². The van der Waals surface area contributed by atoms with Crippen LogP contribution in [0.4, 0.5) is 0 Å². The SMILES string of the molecule is CCOc1ccc(C(=O)N/N=C/c2ccccc2C)cc1. The van der Waals surface area contributed by atoms with E-state index in [9.17, 15) is 4.79 Å². The first kappa shape index (κ1) is 14.8. The molecule has 4 heteroatoms. The molecule has 21 heavy (non-hydrogen) atoms. The second-order valence-electron chi connectivity index (χ2n) is 4.51. The molecule has 0 unspecified atom stereocenters. The molecule has 0 radical (unpaired) electrons. The summed E-state index contributed by atoms with van der Waals surface area (Å²) in [6.07, 6.45) is 1.64. The lowest BCUT2D eigenvalue weighted by Crippen LogP contribution is -2.17. The van der Waals surface area contributed by atoms with Gasteiger partial charge in [-0.25, -0.2) is 5.43 Å². The quantitative estimate of drug-likeness (QED) is 0.676. The predicted molar refractivity (Wildman–Crippen MR) is 83.9 cm³/mol. The van der Waals surface area contributed by atoms with Gasteiger partial charge in [-0.05, 0) is 49.2 Å². The summed E-state index contributed by atoms with van der Waals surface area (Å²) in [4.78, 5) is 11.9. The van der Waals surface area contributed by atoms with Gasteiger partial charge in [0.25, 0.3) is 5.91 Å². The monoisotopic (exact) mass is 282 g/mol. The van der Waals surface area contributed by atoms with Crippen molar-refractivity contribution >= 4 is 12.1 Å². The maximum atomic E-state index is 11.9. The topological polar surface area (TPSA) is 50.7 Å². The van der Waals surface area contributed by atoms with Crippen molar-refractivity contribution in [2.24, 2.45) is 5.10 Å². The van der Waals surface area contributed by atoms with Gasteiger partial charge < -0.3 is 4.74 Å². The third-order valence-electron chi connectivity index (χ3n) is 2.99. The molecule has 4 nitrogen and oxygen atoms in total. The van der Waals surface area contributed by atoms with Crippen LogP contribution in [-0.2, 0) is 0 Å². The van der Waals surface area contributed by atoms with E-state index in [1.165, 1.54) is 0 Å². The first-order valence-electron chi connectivity index (χ1n) is 6.82. The Morgan fingerprint density at radius 2 is 1.90 bits per heavy atom. The molecule has 1 N–H and O–H groups in total. The lowest BCUT2D eigenvalue weighted by atomic mass is 10.1. The summed E-state index contributed by atoms with van der Waals surface area (Å²) in [5.74, 6) is 0.500. The van der Waals surface area contributed by atoms with Crippen LogP contribution in [0.2, 0.25) is 0 Å². The molecule has 0 heterocycles. The zero-order valence-corrected chi connectivity index (χ0v) is 12.2. The van der Waals surface area contributed by atoms with Crippen molar-refractivity contribution in [3.63, 3.8) is 0 Å². The van der Waals surface area contributed by atoms with E-state index < -0.39 is 0 Å². The van der Waals surface area contributed by atoms with Crippen LogP contribution < -0.4 is 10.2 Å². The molecular formula is C17H18N2O2. The third kappa shape index (κ3) is 4.18. The van der Waals surface area contributed by atoms with Gasteiger partial charge in [0.2, 0.25) is 0 Å². The van der Waals surface area contributed by atoms with E-state index in [0.717, 1.165) is 16.9 Å². The molecule has 0 aromatic heterocycles. The van der Waals surface area contributed by atoms with Crippen LogP contribution in [0.5, 0.6) is 5.75 Å². The molecule has 0 bridgehead atoms. The average molecular weight is 282 g/mol. The Labute approximate surface area is 124 Å². The van der Waals surface area contributed by atoms with Gasteiger partial charge in [0.05, 0.1) is 12.8 Å². The Balaban J connectivity index is 1.97. The van der Waals surface area contributed by atoms with E-state index in [-0.39, 0.29) is 5.91 Å². The maximum absolute atomic E-state index is 11.9. The highest BCUT2D eigenvalue weighted by molar-refractivity contribution is 5.95. The molecule has 0 saturated heterocycles. The number of hydrazone groups is 1. The molecule has 1 amide bonds. The van der Waals surface area contributed by atoms with Gasteiger partial charge in [-0.1, -0.05) is 24.3 Å². The Morgan fingerprint density at radius 3 is 2.57 bits per heavy atom. The Bertz CT molecular complexity index is 633. The van der Waals surface area contributed by atoms with E-state index >= 15 is 0 Å².